The summed E-state index contributed by atoms with van der Waals surface area (Å²) < 4.78 is 4.43. The van der Waals surface area contributed by atoms with Gasteiger partial charge in [-0.25, -0.2) is 4.79 Å². The van der Waals surface area contributed by atoms with Gasteiger partial charge in [0.2, 0.25) is 0 Å². The second-order valence-electron chi connectivity index (χ2n) is 1.91. The van der Waals surface area contributed by atoms with Crippen molar-refractivity contribution < 1.29 is 14.6 Å². The molecule has 0 aliphatic rings. The van der Waals surface area contributed by atoms with Gasteiger partial charge in [-0.05, 0) is 0 Å². The average molecular weight is 156 g/mol. The number of ether oxygens (including phenoxy) is 1. The van der Waals surface area contributed by atoms with E-state index in [2.05, 4.69) is 14.9 Å². The molecular formula is C6H8N2O3. The summed E-state index contributed by atoms with van der Waals surface area (Å²) >= 11 is 0. The van der Waals surface area contributed by atoms with Crippen LogP contribution in [0, 0.1) is 0 Å². The molecule has 0 fully saturated rings. The molecule has 60 valence electrons. The molecule has 1 aromatic rings. The van der Waals surface area contributed by atoms with E-state index in [0.29, 0.717) is 5.69 Å². The minimum Gasteiger partial charge on any atom is -0.465 e. The Hall–Kier alpha value is -1.36. The second-order valence-corrected chi connectivity index (χ2v) is 1.91. The van der Waals surface area contributed by atoms with Crippen LogP contribution in [0.5, 0.6) is 0 Å². The fourth-order valence-electron chi connectivity index (χ4n) is 0.719. The third-order valence-corrected chi connectivity index (χ3v) is 1.28. The van der Waals surface area contributed by atoms with Crippen molar-refractivity contribution in [3.63, 3.8) is 0 Å². The SMILES string of the molecule is COC(=O)c1cn[nH]c1CO. The van der Waals surface area contributed by atoms with Gasteiger partial charge >= 0.3 is 5.97 Å². The van der Waals surface area contributed by atoms with Crippen LogP contribution < -0.4 is 0 Å². The molecule has 0 aliphatic heterocycles. The maximum absolute atomic E-state index is 10.9. The van der Waals surface area contributed by atoms with E-state index in [1.165, 1.54) is 13.3 Å². The quantitative estimate of drug-likeness (QED) is 0.576. The van der Waals surface area contributed by atoms with Crippen LogP contribution in [-0.2, 0) is 11.3 Å². The molecular weight excluding hydrogens is 148 g/mol. The van der Waals surface area contributed by atoms with Gasteiger partial charge in [0.1, 0.15) is 5.56 Å². The van der Waals surface area contributed by atoms with Crippen molar-refractivity contribution >= 4 is 5.97 Å². The van der Waals surface area contributed by atoms with Gasteiger partial charge in [0.05, 0.1) is 25.6 Å². The summed E-state index contributed by atoms with van der Waals surface area (Å²) in [5.41, 5.74) is 0.645. The van der Waals surface area contributed by atoms with Crippen LogP contribution in [0.15, 0.2) is 6.20 Å². The first-order valence-corrected chi connectivity index (χ1v) is 3.01. The summed E-state index contributed by atoms with van der Waals surface area (Å²) in [6.07, 6.45) is 1.32. The fraction of sp³-hybridized carbons (Fsp3) is 0.333. The highest BCUT2D eigenvalue weighted by atomic mass is 16.5. The number of aromatic amines is 1. The smallest absolute Gasteiger partial charge is 0.341 e. The Labute approximate surface area is 63.0 Å². The van der Waals surface area contributed by atoms with E-state index in [1.807, 2.05) is 0 Å². The third kappa shape index (κ3) is 1.38. The molecule has 0 amide bonds. The van der Waals surface area contributed by atoms with Crippen LogP contribution in [0.3, 0.4) is 0 Å². The van der Waals surface area contributed by atoms with Crippen LogP contribution in [0.25, 0.3) is 0 Å². The highest BCUT2D eigenvalue weighted by molar-refractivity contribution is 5.90. The molecule has 0 spiro atoms. The van der Waals surface area contributed by atoms with Crippen molar-refractivity contribution in [3.8, 4) is 0 Å². The number of esters is 1. The minimum absolute atomic E-state index is 0.246. The number of carbonyl (C=O) groups is 1. The number of nitrogens with zero attached hydrogens (tertiary/aromatic N) is 1. The zero-order valence-corrected chi connectivity index (χ0v) is 6.00. The van der Waals surface area contributed by atoms with E-state index in [0.717, 1.165) is 0 Å². The first kappa shape index (κ1) is 7.74. The molecule has 0 saturated carbocycles. The van der Waals surface area contributed by atoms with Crippen LogP contribution in [-0.4, -0.2) is 28.4 Å². The van der Waals surface area contributed by atoms with Crippen LogP contribution >= 0.6 is 0 Å². The Balaban J connectivity index is 2.92. The molecule has 0 aromatic carbocycles. The summed E-state index contributed by atoms with van der Waals surface area (Å²) in [4.78, 5) is 10.9. The van der Waals surface area contributed by atoms with Gasteiger partial charge in [-0.3, -0.25) is 5.10 Å². The Kier molecular flexibility index (Phi) is 2.22. The average Bonchev–Trinajstić information content (AvgIpc) is 2.50. The Morgan fingerprint density at radius 1 is 1.91 bits per heavy atom. The van der Waals surface area contributed by atoms with E-state index in [-0.39, 0.29) is 12.2 Å². The van der Waals surface area contributed by atoms with Gasteiger partial charge in [-0.2, -0.15) is 5.10 Å². The fourth-order valence-corrected chi connectivity index (χ4v) is 0.719. The summed E-state index contributed by atoms with van der Waals surface area (Å²) in [6, 6.07) is 0. The second kappa shape index (κ2) is 3.16. The molecule has 0 atom stereocenters. The monoisotopic (exact) mass is 156 g/mol. The molecule has 11 heavy (non-hydrogen) atoms. The van der Waals surface area contributed by atoms with Gasteiger partial charge in [-0.15, -0.1) is 0 Å². The van der Waals surface area contributed by atoms with Gasteiger partial charge in [-0.1, -0.05) is 0 Å². The topological polar surface area (TPSA) is 75.2 Å². The number of hydrogen-bond acceptors (Lipinski definition) is 4. The summed E-state index contributed by atoms with van der Waals surface area (Å²) in [7, 11) is 1.27. The summed E-state index contributed by atoms with van der Waals surface area (Å²) in [5.74, 6) is -0.497. The van der Waals surface area contributed by atoms with Crippen molar-refractivity contribution in [2.75, 3.05) is 7.11 Å². The van der Waals surface area contributed by atoms with Gasteiger partial charge in [0.25, 0.3) is 0 Å². The van der Waals surface area contributed by atoms with Crippen molar-refractivity contribution in [2.24, 2.45) is 0 Å². The molecule has 2 N–H and O–H groups in total. The van der Waals surface area contributed by atoms with Crippen LogP contribution in [0.2, 0.25) is 0 Å². The van der Waals surface area contributed by atoms with E-state index >= 15 is 0 Å². The molecule has 1 rings (SSSR count). The number of rotatable bonds is 2. The van der Waals surface area contributed by atoms with E-state index < -0.39 is 5.97 Å². The summed E-state index contributed by atoms with van der Waals surface area (Å²) in [6.45, 7) is -0.246. The number of aromatic nitrogens is 2. The van der Waals surface area contributed by atoms with Crippen LogP contribution in [0.1, 0.15) is 16.1 Å². The normalized spacial score (nSPS) is 9.64. The predicted molar refractivity (Wildman–Crippen MR) is 35.8 cm³/mol. The van der Waals surface area contributed by atoms with Gasteiger partial charge < -0.3 is 9.84 Å². The standard InChI is InChI=1S/C6H8N2O3/c1-11-6(10)4-2-7-8-5(4)3-9/h2,9H,3H2,1H3,(H,7,8). The minimum atomic E-state index is -0.497. The van der Waals surface area contributed by atoms with Crippen molar-refractivity contribution in [1.29, 1.82) is 0 Å². The number of carbonyl (C=O) groups excluding carboxylic acids is 1. The molecule has 5 nitrogen and oxygen atoms in total. The lowest BCUT2D eigenvalue weighted by molar-refractivity contribution is 0.0597. The lowest BCUT2D eigenvalue weighted by Gasteiger charge is -1.95. The molecule has 0 unspecified atom stereocenters. The van der Waals surface area contributed by atoms with Crippen molar-refractivity contribution in [2.45, 2.75) is 6.61 Å². The lowest BCUT2D eigenvalue weighted by atomic mass is 10.2. The van der Waals surface area contributed by atoms with Crippen molar-refractivity contribution in [3.05, 3.63) is 17.5 Å². The number of H-pyrrole nitrogens is 1. The molecule has 1 heterocycles. The number of nitrogens with one attached hydrogen (secondary N) is 1. The van der Waals surface area contributed by atoms with Crippen LogP contribution in [0.4, 0.5) is 0 Å². The molecule has 1 aromatic heterocycles. The molecule has 0 bridgehead atoms. The third-order valence-electron chi connectivity index (χ3n) is 1.28. The maximum Gasteiger partial charge on any atom is 0.341 e. The maximum atomic E-state index is 10.9. The highest BCUT2D eigenvalue weighted by Crippen LogP contribution is 2.04. The largest absolute Gasteiger partial charge is 0.465 e. The molecule has 5 heteroatoms. The first-order chi connectivity index (χ1) is 5.29. The number of hydrogen-bond donors (Lipinski definition) is 2. The molecule has 0 aliphatic carbocycles. The zero-order valence-electron chi connectivity index (χ0n) is 6.00. The predicted octanol–water partition coefficient (Wildman–Crippen LogP) is -0.311. The highest BCUT2D eigenvalue weighted by Gasteiger charge is 2.12. The van der Waals surface area contributed by atoms with Gasteiger partial charge in [0.15, 0.2) is 0 Å². The number of aliphatic hydroxyl groups is 1. The zero-order chi connectivity index (χ0) is 8.27. The number of aliphatic hydroxyl groups excluding tert-OH is 1. The van der Waals surface area contributed by atoms with Gasteiger partial charge in [0, 0.05) is 0 Å². The summed E-state index contributed by atoms with van der Waals surface area (Å²) in [5, 5.41) is 14.7. The lowest BCUT2D eigenvalue weighted by Crippen LogP contribution is -2.03. The molecule has 0 saturated heterocycles. The van der Waals surface area contributed by atoms with E-state index in [4.69, 9.17) is 5.11 Å². The number of methoxy groups -OCH3 is 1. The van der Waals surface area contributed by atoms with E-state index in [1.54, 1.807) is 0 Å². The molecule has 0 radical (unpaired) electrons. The Morgan fingerprint density at radius 3 is 3.18 bits per heavy atom. The first-order valence-electron chi connectivity index (χ1n) is 3.01. The Bertz CT molecular complexity index is 256. The Morgan fingerprint density at radius 2 is 2.64 bits per heavy atom. The van der Waals surface area contributed by atoms with E-state index in [9.17, 15) is 4.79 Å². The van der Waals surface area contributed by atoms with Crippen molar-refractivity contribution in [1.82, 2.24) is 10.2 Å².